The smallest absolute Gasteiger partial charge is 0.231 e. The number of hydrogen-bond donors (Lipinski definition) is 0. The van der Waals surface area contributed by atoms with Crippen LogP contribution in [0.4, 0.5) is 5.69 Å². The second-order valence-corrected chi connectivity index (χ2v) is 4.61. The molecular formula is C16H16N2O2. The van der Waals surface area contributed by atoms with Crippen molar-refractivity contribution in [3.8, 4) is 11.5 Å². The molecule has 0 aromatic heterocycles. The average molecular weight is 268 g/mol. The number of aromatic nitrogens is 1. The molecule has 1 heterocycles. The zero-order valence-electron chi connectivity index (χ0n) is 11.6. The van der Waals surface area contributed by atoms with Crippen LogP contribution in [0, 0.1) is 0 Å². The second kappa shape index (κ2) is 4.96. The molecule has 102 valence electrons. The van der Waals surface area contributed by atoms with Crippen LogP contribution in [0.5, 0.6) is 0 Å². The highest BCUT2D eigenvalue weighted by atomic mass is 16.3. The van der Waals surface area contributed by atoms with Gasteiger partial charge in [0.2, 0.25) is 5.43 Å². The van der Waals surface area contributed by atoms with Crippen LogP contribution in [0.2, 0.25) is 0 Å². The third-order valence-electron chi connectivity index (χ3n) is 3.50. The monoisotopic (exact) mass is 268 g/mol. The number of anilines is 1. The zero-order chi connectivity index (χ0) is 14.1. The molecule has 0 fully saturated rings. The van der Waals surface area contributed by atoms with Crippen LogP contribution in [-0.2, 0) is 0 Å². The van der Waals surface area contributed by atoms with Gasteiger partial charge in [-0.3, -0.25) is 4.79 Å². The van der Waals surface area contributed by atoms with Gasteiger partial charge in [0.05, 0.1) is 5.69 Å². The van der Waals surface area contributed by atoms with E-state index < -0.39 is 0 Å². The van der Waals surface area contributed by atoms with Gasteiger partial charge in [-0.05, 0) is 38.1 Å². The lowest BCUT2D eigenvalue weighted by Gasteiger charge is -2.20. The minimum atomic E-state index is -0.0688. The van der Waals surface area contributed by atoms with Gasteiger partial charge in [-0.25, -0.2) is 4.98 Å². The summed E-state index contributed by atoms with van der Waals surface area (Å²) in [6.07, 6.45) is 0. The van der Waals surface area contributed by atoms with E-state index in [4.69, 9.17) is 4.42 Å². The van der Waals surface area contributed by atoms with Gasteiger partial charge in [-0.2, -0.15) is 0 Å². The molecule has 0 bridgehead atoms. The topological polar surface area (TPSA) is 46.3 Å². The van der Waals surface area contributed by atoms with E-state index >= 15 is 0 Å². The highest BCUT2D eigenvalue weighted by Crippen LogP contribution is 2.24. The Balaban J connectivity index is 2.29. The summed E-state index contributed by atoms with van der Waals surface area (Å²) in [7, 11) is 0. The van der Waals surface area contributed by atoms with Gasteiger partial charge < -0.3 is 9.32 Å². The molecule has 1 aromatic rings. The van der Waals surface area contributed by atoms with Gasteiger partial charge >= 0.3 is 0 Å². The Morgan fingerprint density at radius 2 is 1.85 bits per heavy atom. The molecule has 20 heavy (non-hydrogen) atoms. The molecule has 0 N–H and O–H groups in total. The summed E-state index contributed by atoms with van der Waals surface area (Å²) in [6, 6.07) is 11.1. The maximum absolute atomic E-state index is 12.6. The molecule has 0 saturated carbocycles. The number of hydrogen-bond acceptors (Lipinski definition) is 4. The van der Waals surface area contributed by atoms with Crippen LogP contribution in [0.1, 0.15) is 13.8 Å². The van der Waals surface area contributed by atoms with Crippen molar-refractivity contribution < 1.29 is 4.42 Å². The third kappa shape index (κ3) is 1.93. The fraction of sp³-hybridized carbons (Fsp3) is 0.250. The van der Waals surface area contributed by atoms with Crippen LogP contribution in [0.15, 0.2) is 45.6 Å². The lowest BCUT2D eigenvalue weighted by atomic mass is 10.1. The van der Waals surface area contributed by atoms with Gasteiger partial charge in [-0.15, -0.1) is 0 Å². The Bertz CT molecular complexity index is 775. The van der Waals surface area contributed by atoms with Gasteiger partial charge in [-0.1, -0.05) is 12.1 Å². The summed E-state index contributed by atoms with van der Waals surface area (Å²) in [6.45, 7) is 5.65. The van der Waals surface area contributed by atoms with Crippen molar-refractivity contribution in [1.82, 2.24) is 4.98 Å². The highest BCUT2D eigenvalue weighted by molar-refractivity contribution is 5.77. The number of para-hydroxylation sites is 2. The van der Waals surface area contributed by atoms with Gasteiger partial charge in [0.15, 0.2) is 17.0 Å². The quantitative estimate of drug-likeness (QED) is 0.685. The molecule has 0 spiro atoms. The van der Waals surface area contributed by atoms with E-state index in [1.165, 1.54) is 0 Å². The van der Waals surface area contributed by atoms with Crippen molar-refractivity contribution in [3.63, 3.8) is 0 Å². The van der Waals surface area contributed by atoms with E-state index in [1.54, 1.807) is 0 Å². The molecule has 4 nitrogen and oxygen atoms in total. The lowest BCUT2D eigenvalue weighted by molar-refractivity contribution is 0.612. The van der Waals surface area contributed by atoms with Gasteiger partial charge in [0.25, 0.3) is 0 Å². The molecule has 0 atom stereocenters. The minimum Gasteiger partial charge on any atom is -0.453 e. The predicted octanol–water partition coefficient (Wildman–Crippen LogP) is 3.14. The Morgan fingerprint density at radius 1 is 1.10 bits per heavy atom. The molecular weight excluding hydrogens is 252 g/mol. The van der Waals surface area contributed by atoms with E-state index in [0.717, 1.165) is 13.1 Å². The van der Waals surface area contributed by atoms with Crippen LogP contribution >= 0.6 is 0 Å². The van der Waals surface area contributed by atoms with Crippen LogP contribution in [0.25, 0.3) is 22.6 Å². The summed E-state index contributed by atoms with van der Waals surface area (Å²) in [4.78, 5) is 19.0. The van der Waals surface area contributed by atoms with Crippen LogP contribution in [0.3, 0.4) is 0 Å². The standard InChI is InChI=1S/C16H16N2O2/c1-3-18(4-2)12-9-10-14-15(16(12)19)17-11-7-5-6-8-13(11)20-14/h5-10H,3-4H2,1-2H3. The first-order chi connectivity index (χ1) is 9.74. The summed E-state index contributed by atoms with van der Waals surface area (Å²) >= 11 is 0. The van der Waals surface area contributed by atoms with Gasteiger partial charge in [0.1, 0.15) is 5.52 Å². The Kier molecular flexibility index (Phi) is 3.14. The predicted molar refractivity (Wildman–Crippen MR) is 80.5 cm³/mol. The van der Waals surface area contributed by atoms with Crippen molar-refractivity contribution in [2.24, 2.45) is 0 Å². The van der Waals surface area contributed by atoms with E-state index in [9.17, 15) is 4.79 Å². The summed E-state index contributed by atoms with van der Waals surface area (Å²) in [5.74, 6) is 0.532. The highest BCUT2D eigenvalue weighted by Gasteiger charge is 2.17. The normalized spacial score (nSPS) is 11.1. The number of fused-ring (bicyclic) bond motifs is 2. The fourth-order valence-electron chi connectivity index (χ4n) is 2.42. The Morgan fingerprint density at radius 3 is 2.60 bits per heavy atom. The molecule has 1 aliphatic heterocycles. The number of rotatable bonds is 3. The summed E-state index contributed by atoms with van der Waals surface area (Å²) < 4.78 is 5.75. The van der Waals surface area contributed by atoms with E-state index in [-0.39, 0.29) is 5.43 Å². The Hall–Kier alpha value is -2.36. The van der Waals surface area contributed by atoms with Crippen molar-refractivity contribution in [2.75, 3.05) is 18.0 Å². The van der Waals surface area contributed by atoms with Crippen molar-refractivity contribution in [2.45, 2.75) is 13.8 Å². The number of nitrogens with zero attached hydrogens (tertiary/aromatic N) is 2. The van der Waals surface area contributed by atoms with Crippen molar-refractivity contribution in [3.05, 3.63) is 46.6 Å². The maximum Gasteiger partial charge on any atom is 0.231 e. The molecule has 1 aliphatic carbocycles. The molecule has 4 heteroatoms. The lowest BCUT2D eigenvalue weighted by Crippen LogP contribution is -2.28. The number of benzene rings is 2. The molecule has 2 aliphatic rings. The molecule has 0 radical (unpaired) electrons. The first-order valence-electron chi connectivity index (χ1n) is 6.82. The maximum atomic E-state index is 12.6. The van der Waals surface area contributed by atoms with E-state index in [0.29, 0.717) is 28.2 Å². The van der Waals surface area contributed by atoms with Gasteiger partial charge in [0, 0.05) is 13.1 Å². The second-order valence-electron chi connectivity index (χ2n) is 4.61. The zero-order valence-corrected chi connectivity index (χ0v) is 11.6. The molecule has 0 unspecified atom stereocenters. The molecule has 0 saturated heterocycles. The van der Waals surface area contributed by atoms with E-state index in [1.807, 2.05) is 55.1 Å². The fourth-order valence-corrected chi connectivity index (χ4v) is 2.42. The summed E-state index contributed by atoms with van der Waals surface area (Å²) in [5, 5.41) is 0. The third-order valence-corrected chi connectivity index (χ3v) is 3.50. The average Bonchev–Trinajstić information content (AvgIpc) is 2.49. The molecule has 3 rings (SSSR count). The molecule has 1 aromatic carbocycles. The largest absolute Gasteiger partial charge is 0.453 e. The SMILES string of the molecule is CCN(CC)c1ccc2oc3ccccc3nc-2c1=O. The first kappa shape index (κ1) is 12.7. The van der Waals surface area contributed by atoms with Crippen LogP contribution < -0.4 is 10.3 Å². The van der Waals surface area contributed by atoms with Crippen LogP contribution in [-0.4, -0.2) is 18.1 Å². The van der Waals surface area contributed by atoms with Crippen molar-refractivity contribution >= 4 is 16.8 Å². The first-order valence-corrected chi connectivity index (χ1v) is 6.82. The van der Waals surface area contributed by atoms with Crippen molar-refractivity contribution in [1.29, 1.82) is 0 Å². The van der Waals surface area contributed by atoms with E-state index in [2.05, 4.69) is 4.98 Å². The minimum absolute atomic E-state index is 0.0688. The Labute approximate surface area is 117 Å². The molecule has 0 amide bonds. The summed E-state index contributed by atoms with van der Waals surface area (Å²) in [5.41, 5.74) is 2.40.